The fourth-order valence-electron chi connectivity index (χ4n) is 5.15. The van der Waals surface area contributed by atoms with E-state index in [0.29, 0.717) is 13.2 Å². The molecule has 1 saturated carbocycles. The van der Waals surface area contributed by atoms with Gasteiger partial charge < -0.3 is 14.4 Å². The lowest BCUT2D eigenvalue weighted by Gasteiger charge is -2.31. The zero-order valence-corrected chi connectivity index (χ0v) is 27.3. The first-order valence-electron chi connectivity index (χ1n) is 15.1. The Balaban J connectivity index is 0.00000113. The Morgan fingerprint density at radius 3 is 2.05 bits per heavy atom. The number of rotatable bonds is 15. The number of hydrogen-bond donors (Lipinski definition) is 0. The summed E-state index contributed by atoms with van der Waals surface area (Å²) in [6.07, 6.45) is 11.8. The summed E-state index contributed by atoms with van der Waals surface area (Å²) >= 11 is 0. The second-order valence-corrected chi connectivity index (χ2v) is 13.1. The van der Waals surface area contributed by atoms with Gasteiger partial charge in [-0.15, -0.1) is 0 Å². The second-order valence-electron chi connectivity index (χ2n) is 11.6. The van der Waals surface area contributed by atoms with E-state index in [1.807, 2.05) is 40.1 Å². The van der Waals surface area contributed by atoms with E-state index >= 15 is 0 Å². The summed E-state index contributed by atoms with van der Waals surface area (Å²) in [4.78, 5) is 15.0. The minimum absolute atomic E-state index is 0.0106. The van der Waals surface area contributed by atoms with Crippen LogP contribution >= 0.6 is 0 Å². The summed E-state index contributed by atoms with van der Waals surface area (Å²) < 4.78 is 25.6. The van der Waals surface area contributed by atoms with E-state index in [1.54, 1.807) is 16.3 Å². The predicted molar refractivity (Wildman–Crippen MR) is 165 cm³/mol. The molecule has 6 nitrogen and oxygen atoms in total. The van der Waals surface area contributed by atoms with Crippen LogP contribution in [0.15, 0.2) is 17.0 Å². The van der Waals surface area contributed by atoms with Crippen LogP contribution in [0.5, 0.6) is 5.75 Å². The van der Waals surface area contributed by atoms with E-state index in [4.69, 9.17) is 9.47 Å². The van der Waals surface area contributed by atoms with Crippen LogP contribution in [0.1, 0.15) is 96.6 Å². The Labute approximate surface area is 242 Å². The maximum Gasteiger partial charge on any atom is 0.248 e. The second kappa shape index (κ2) is 19.6. The van der Waals surface area contributed by atoms with Crippen LogP contribution < -0.4 is 4.74 Å². The molecule has 0 aromatic heterocycles. The average molecular weight is 567 g/mol. The quantitative estimate of drug-likeness (QED) is 0.211. The Hall–Kier alpha value is -1.44. The van der Waals surface area contributed by atoms with Gasteiger partial charge in [0, 0.05) is 27.2 Å². The summed E-state index contributed by atoms with van der Waals surface area (Å²) in [6.45, 7) is 14.7. The van der Waals surface area contributed by atoms with Crippen molar-refractivity contribution in [2.24, 2.45) is 17.8 Å². The molecule has 39 heavy (non-hydrogen) atoms. The third-order valence-electron chi connectivity index (χ3n) is 7.99. The van der Waals surface area contributed by atoms with Gasteiger partial charge in [-0.2, -0.15) is 0 Å². The van der Waals surface area contributed by atoms with Crippen molar-refractivity contribution in [2.75, 3.05) is 47.5 Å². The van der Waals surface area contributed by atoms with Crippen molar-refractivity contribution < 1.29 is 18.5 Å². The van der Waals surface area contributed by atoms with E-state index in [-0.39, 0.29) is 12.5 Å². The van der Waals surface area contributed by atoms with Crippen molar-refractivity contribution in [3.05, 3.63) is 23.3 Å². The summed E-state index contributed by atoms with van der Waals surface area (Å²) in [5.41, 5.74) is 1.87. The summed E-state index contributed by atoms with van der Waals surface area (Å²) in [5, 5.41) is 0. The third kappa shape index (κ3) is 13.2. The fourth-order valence-corrected chi connectivity index (χ4v) is 6.37. The van der Waals surface area contributed by atoms with Gasteiger partial charge in [-0.05, 0) is 74.1 Å². The standard InChI is InChI=1S/C26H44N2O4S.C6H14/c1-19(2)23-10-8-22(9-11-23)12-13-27(5)25(29)18-32-15-14-28(6)33(30)26-20(3)16-24(31-7)17-21(26)4;1-3-5-6-4-2/h16-17,19,22-23H,8-15,18H2,1-7H3;3-6H2,1-2H3. The number of ether oxygens (including phenoxy) is 2. The van der Waals surface area contributed by atoms with Crippen molar-refractivity contribution in [1.29, 1.82) is 0 Å². The van der Waals surface area contributed by atoms with Crippen molar-refractivity contribution in [3.8, 4) is 5.75 Å². The van der Waals surface area contributed by atoms with Gasteiger partial charge in [-0.3, -0.25) is 4.79 Å². The zero-order valence-electron chi connectivity index (χ0n) is 26.5. The molecule has 0 spiro atoms. The van der Waals surface area contributed by atoms with Crippen molar-refractivity contribution in [2.45, 2.75) is 104 Å². The maximum absolute atomic E-state index is 13.0. The summed E-state index contributed by atoms with van der Waals surface area (Å²) in [5.74, 6) is 3.18. The molecule has 1 aromatic carbocycles. The molecule has 1 amide bonds. The monoisotopic (exact) mass is 566 g/mol. The predicted octanol–water partition coefficient (Wildman–Crippen LogP) is 7.18. The SMILES string of the molecule is CCCCCC.COc1cc(C)c(S(=O)N(C)CCOCC(=O)N(C)CCC2CCC(C(C)C)CC2)c(C)c1. The van der Waals surface area contributed by atoms with Crippen LogP contribution in [-0.4, -0.2) is 66.8 Å². The smallest absolute Gasteiger partial charge is 0.248 e. The molecule has 226 valence electrons. The number of hydrogen-bond acceptors (Lipinski definition) is 4. The first kappa shape index (κ1) is 35.6. The summed E-state index contributed by atoms with van der Waals surface area (Å²) in [6, 6.07) is 3.80. The topological polar surface area (TPSA) is 59.1 Å². The molecule has 0 bridgehead atoms. The highest BCUT2D eigenvalue weighted by Gasteiger charge is 2.24. The maximum atomic E-state index is 13.0. The number of amides is 1. The minimum Gasteiger partial charge on any atom is -0.497 e. The first-order chi connectivity index (χ1) is 18.5. The minimum atomic E-state index is -1.29. The molecule has 7 heteroatoms. The van der Waals surface area contributed by atoms with E-state index in [0.717, 1.165) is 52.5 Å². The molecule has 1 unspecified atom stereocenters. The number of aryl methyl sites for hydroxylation is 2. The number of methoxy groups -OCH3 is 1. The van der Waals surface area contributed by atoms with Crippen molar-refractivity contribution in [3.63, 3.8) is 0 Å². The molecule has 1 aromatic rings. The van der Waals surface area contributed by atoms with Crippen molar-refractivity contribution >= 4 is 16.9 Å². The van der Waals surface area contributed by atoms with Crippen LogP contribution in [0.2, 0.25) is 0 Å². The highest BCUT2D eigenvalue weighted by Crippen LogP contribution is 2.34. The molecule has 1 fully saturated rings. The van der Waals surface area contributed by atoms with Crippen LogP contribution in [-0.2, 0) is 20.5 Å². The van der Waals surface area contributed by atoms with Crippen LogP contribution in [0, 0.1) is 31.6 Å². The van der Waals surface area contributed by atoms with E-state index in [2.05, 4.69) is 27.7 Å². The largest absolute Gasteiger partial charge is 0.497 e. The fraction of sp³-hybridized carbons (Fsp3) is 0.781. The Morgan fingerprint density at radius 2 is 1.56 bits per heavy atom. The van der Waals surface area contributed by atoms with Gasteiger partial charge in [-0.25, -0.2) is 8.51 Å². The molecule has 0 saturated heterocycles. The highest BCUT2D eigenvalue weighted by molar-refractivity contribution is 7.82. The average Bonchev–Trinajstić information content (AvgIpc) is 2.92. The number of nitrogens with zero attached hydrogens (tertiary/aromatic N) is 2. The molecule has 0 aliphatic heterocycles. The van der Waals surface area contributed by atoms with Crippen molar-refractivity contribution in [1.82, 2.24) is 9.21 Å². The number of unbranched alkanes of at least 4 members (excludes halogenated alkanes) is 3. The van der Waals surface area contributed by atoms with Crippen LogP contribution in [0.25, 0.3) is 0 Å². The molecule has 2 rings (SSSR count). The van der Waals surface area contributed by atoms with Crippen LogP contribution in [0.4, 0.5) is 0 Å². The normalized spacial score (nSPS) is 18.0. The van der Waals surface area contributed by atoms with Gasteiger partial charge >= 0.3 is 0 Å². The Kier molecular flexibility index (Phi) is 17.9. The third-order valence-corrected chi connectivity index (χ3v) is 9.74. The lowest BCUT2D eigenvalue weighted by atomic mass is 9.76. The molecular weight excluding hydrogens is 508 g/mol. The molecule has 1 atom stereocenters. The Bertz CT molecular complexity index is 826. The molecule has 1 aliphatic carbocycles. The number of carbonyl (C=O) groups is 1. The van der Waals surface area contributed by atoms with Gasteiger partial charge in [0.1, 0.15) is 23.3 Å². The lowest BCUT2D eigenvalue weighted by molar-refractivity contribution is -0.135. The van der Waals surface area contributed by atoms with E-state index < -0.39 is 11.0 Å². The molecule has 0 N–H and O–H groups in total. The summed E-state index contributed by atoms with van der Waals surface area (Å²) in [7, 11) is 4.01. The molecular formula is C32H58N2O4S. The molecule has 0 heterocycles. The molecule has 0 radical (unpaired) electrons. The first-order valence-corrected chi connectivity index (χ1v) is 16.3. The number of carbonyl (C=O) groups excluding carboxylic acids is 1. The molecule has 1 aliphatic rings. The van der Waals surface area contributed by atoms with Gasteiger partial charge in [0.25, 0.3) is 0 Å². The van der Waals surface area contributed by atoms with E-state index in [9.17, 15) is 9.00 Å². The lowest BCUT2D eigenvalue weighted by Crippen LogP contribution is -2.34. The van der Waals surface area contributed by atoms with Crippen LogP contribution in [0.3, 0.4) is 0 Å². The zero-order chi connectivity index (χ0) is 29.4. The van der Waals surface area contributed by atoms with Gasteiger partial charge in [0.05, 0.1) is 18.6 Å². The Morgan fingerprint density at radius 1 is 1.00 bits per heavy atom. The highest BCUT2D eigenvalue weighted by atomic mass is 32.2. The number of likely N-dealkylation sites (N-methyl/N-ethyl adjacent to an activating group) is 2. The van der Waals surface area contributed by atoms with Gasteiger partial charge in [-0.1, -0.05) is 66.2 Å². The number of benzene rings is 1. The van der Waals surface area contributed by atoms with Gasteiger partial charge in [0.2, 0.25) is 5.91 Å². The van der Waals surface area contributed by atoms with Gasteiger partial charge in [0.15, 0.2) is 0 Å². The van der Waals surface area contributed by atoms with E-state index in [1.165, 1.54) is 51.4 Å².